The number of nitrogens with two attached hydrogens (primary N) is 1. The fourth-order valence-electron chi connectivity index (χ4n) is 2.91. The maximum absolute atomic E-state index is 6.44. The van der Waals surface area contributed by atoms with E-state index in [1.165, 1.54) is 25.9 Å². The van der Waals surface area contributed by atoms with E-state index in [-0.39, 0.29) is 6.04 Å². The number of rotatable bonds is 4. The van der Waals surface area contributed by atoms with Crippen LogP contribution in [0, 0.1) is 0 Å². The van der Waals surface area contributed by atoms with Crippen molar-refractivity contribution < 1.29 is 0 Å². The van der Waals surface area contributed by atoms with E-state index in [2.05, 4.69) is 35.9 Å². The highest BCUT2D eigenvalue weighted by molar-refractivity contribution is 6.33. The van der Waals surface area contributed by atoms with Crippen LogP contribution >= 0.6 is 11.6 Å². The molecule has 1 heterocycles. The number of benzene rings is 1. The lowest BCUT2D eigenvalue weighted by molar-refractivity contribution is 0.221. The van der Waals surface area contributed by atoms with Crippen molar-refractivity contribution in [2.75, 3.05) is 31.6 Å². The summed E-state index contributed by atoms with van der Waals surface area (Å²) in [6.45, 7) is 7.73. The van der Waals surface area contributed by atoms with Crippen molar-refractivity contribution >= 4 is 17.3 Å². The van der Waals surface area contributed by atoms with Crippen molar-refractivity contribution in [1.29, 1.82) is 0 Å². The van der Waals surface area contributed by atoms with Crippen LogP contribution in [0.1, 0.15) is 38.3 Å². The van der Waals surface area contributed by atoms with E-state index < -0.39 is 0 Å². The smallest absolute Gasteiger partial charge is 0.0642 e. The second kappa shape index (κ2) is 6.79. The Kier molecular flexibility index (Phi) is 5.30. The molecular weight excluding hydrogens is 270 g/mol. The van der Waals surface area contributed by atoms with Crippen LogP contribution < -0.4 is 10.6 Å². The molecule has 2 rings (SSSR count). The van der Waals surface area contributed by atoms with Crippen LogP contribution in [-0.4, -0.2) is 37.6 Å². The molecule has 20 heavy (non-hydrogen) atoms. The van der Waals surface area contributed by atoms with Crippen LogP contribution in [-0.2, 0) is 0 Å². The van der Waals surface area contributed by atoms with Gasteiger partial charge in [0.15, 0.2) is 0 Å². The average Bonchev–Trinajstić information content (AvgIpc) is 2.46. The van der Waals surface area contributed by atoms with Gasteiger partial charge in [0.25, 0.3) is 0 Å². The normalized spacial score (nSPS) is 19.1. The first-order valence-corrected chi connectivity index (χ1v) is 7.91. The second-order valence-corrected chi connectivity index (χ2v) is 6.18. The quantitative estimate of drug-likeness (QED) is 0.925. The third kappa shape index (κ3) is 3.46. The molecule has 1 aromatic carbocycles. The molecule has 1 aromatic rings. The molecule has 0 bridgehead atoms. The maximum Gasteiger partial charge on any atom is 0.0642 e. The van der Waals surface area contributed by atoms with Gasteiger partial charge in [-0.05, 0) is 44.0 Å². The molecule has 1 aliphatic heterocycles. The number of likely N-dealkylation sites (tertiary alicyclic amines) is 1. The van der Waals surface area contributed by atoms with Gasteiger partial charge in [-0.2, -0.15) is 0 Å². The van der Waals surface area contributed by atoms with Gasteiger partial charge >= 0.3 is 0 Å². The highest BCUT2D eigenvalue weighted by Gasteiger charge is 2.23. The van der Waals surface area contributed by atoms with Gasteiger partial charge in [0.05, 0.1) is 10.7 Å². The lowest BCUT2D eigenvalue weighted by Gasteiger charge is -2.37. The summed E-state index contributed by atoms with van der Waals surface area (Å²) < 4.78 is 0. The summed E-state index contributed by atoms with van der Waals surface area (Å²) in [5.74, 6) is 0. The SMILES string of the molecule is CCN1CCC(N(C)c2ccc([C@@H](C)N)cc2Cl)CC1. The molecule has 0 saturated carbocycles. The van der Waals surface area contributed by atoms with Crippen LogP contribution in [0.5, 0.6) is 0 Å². The number of halogens is 1. The lowest BCUT2D eigenvalue weighted by Crippen LogP contribution is -2.43. The fourth-order valence-corrected chi connectivity index (χ4v) is 3.23. The first-order chi connectivity index (χ1) is 9.52. The first kappa shape index (κ1) is 15.6. The Morgan fingerprint density at radius 3 is 2.55 bits per heavy atom. The highest BCUT2D eigenvalue weighted by atomic mass is 35.5. The Morgan fingerprint density at radius 1 is 1.40 bits per heavy atom. The summed E-state index contributed by atoms with van der Waals surface area (Å²) in [6.07, 6.45) is 2.41. The van der Waals surface area contributed by atoms with Crippen LogP contribution in [0.2, 0.25) is 5.02 Å². The minimum Gasteiger partial charge on any atom is -0.370 e. The number of piperidine rings is 1. The minimum atomic E-state index is 0.0275. The van der Waals surface area contributed by atoms with Crippen LogP contribution in [0.25, 0.3) is 0 Å². The number of anilines is 1. The summed E-state index contributed by atoms with van der Waals surface area (Å²) in [6, 6.07) is 6.80. The van der Waals surface area contributed by atoms with E-state index in [0.29, 0.717) is 6.04 Å². The Hall–Kier alpha value is -0.770. The van der Waals surface area contributed by atoms with E-state index in [9.17, 15) is 0 Å². The van der Waals surface area contributed by atoms with Crippen LogP contribution in [0.15, 0.2) is 18.2 Å². The third-order valence-electron chi connectivity index (χ3n) is 4.43. The first-order valence-electron chi connectivity index (χ1n) is 7.53. The molecule has 0 aliphatic carbocycles. The molecule has 0 unspecified atom stereocenters. The van der Waals surface area contributed by atoms with Gasteiger partial charge in [-0.3, -0.25) is 0 Å². The van der Waals surface area contributed by atoms with Crippen molar-refractivity contribution in [2.24, 2.45) is 5.73 Å². The lowest BCUT2D eigenvalue weighted by atomic mass is 10.0. The van der Waals surface area contributed by atoms with Gasteiger partial charge in [0, 0.05) is 32.2 Å². The molecule has 0 radical (unpaired) electrons. The Morgan fingerprint density at radius 2 is 2.05 bits per heavy atom. The van der Waals surface area contributed by atoms with Gasteiger partial charge in [-0.1, -0.05) is 24.6 Å². The molecule has 0 amide bonds. The Balaban J connectivity index is 2.07. The molecule has 1 atom stereocenters. The van der Waals surface area contributed by atoms with E-state index in [4.69, 9.17) is 17.3 Å². The molecule has 1 aliphatic rings. The number of nitrogens with zero attached hydrogens (tertiary/aromatic N) is 2. The molecule has 112 valence electrons. The van der Waals surface area contributed by atoms with Crippen molar-refractivity contribution in [3.63, 3.8) is 0 Å². The van der Waals surface area contributed by atoms with E-state index in [0.717, 1.165) is 22.8 Å². The standard InChI is InChI=1S/C16H26ClN3/c1-4-20-9-7-14(8-10-20)19(3)16-6-5-13(12(2)18)11-15(16)17/h5-6,11-12,14H,4,7-10,18H2,1-3H3/t12-/m1/s1. The monoisotopic (exact) mass is 295 g/mol. The third-order valence-corrected chi connectivity index (χ3v) is 4.73. The fraction of sp³-hybridized carbons (Fsp3) is 0.625. The average molecular weight is 296 g/mol. The molecular formula is C16H26ClN3. The van der Waals surface area contributed by atoms with E-state index in [1.807, 2.05) is 13.0 Å². The van der Waals surface area contributed by atoms with E-state index in [1.54, 1.807) is 0 Å². The highest BCUT2D eigenvalue weighted by Crippen LogP contribution is 2.31. The maximum atomic E-state index is 6.44. The molecule has 3 nitrogen and oxygen atoms in total. The van der Waals surface area contributed by atoms with Crippen molar-refractivity contribution in [3.05, 3.63) is 28.8 Å². The Labute approximate surface area is 127 Å². The predicted octanol–water partition coefficient (Wildman–Crippen LogP) is 3.28. The molecule has 4 heteroatoms. The van der Waals surface area contributed by atoms with Crippen LogP contribution in [0.4, 0.5) is 5.69 Å². The second-order valence-electron chi connectivity index (χ2n) is 5.78. The molecule has 2 N–H and O–H groups in total. The summed E-state index contributed by atoms with van der Waals surface area (Å²) in [5.41, 5.74) is 8.11. The van der Waals surface area contributed by atoms with Crippen molar-refractivity contribution in [3.8, 4) is 0 Å². The largest absolute Gasteiger partial charge is 0.370 e. The van der Waals surface area contributed by atoms with Crippen LogP contribution in [0.3, 0.4) is 0 Å². The zero-order chi connectivity index (χ0) is 14.7. The van der Waals surface area contributed by atoms with Crippen molar-refractivity contribution in [2.45, 2.75) is 38.8 Å². The molecule has 0 spiro atoms. The summed E-state index contributed by atoms with van der Waals surface area (Å²) in [5, 5.41) is 0.806. The van der Waals surface area contributed by atoms with Gasteiger partial charge in [-0.25, -0.2) is 0 Å². The topological polar surface area (TPSA) is 32.5 Å². The van der Waals surface area contributed by atoms with Gasteiger partial charge in [-0.15, -0.1) is 0 Å². The van der Waals surface area contributed by atoms with Gasteiger partial charge in [0.1, 0.15) is 0 Å². The predicted molar refractivity (Wildman–Crippen MR) is 87.6 cm³/mol. The zero-order valence-corrected chi connectivity index (χ0v) is 13.5. The van der Waals surface area contributed by atoms with Crippen molar-refractivity contribution in [1.82, 2.24) is 4.90 Å². The van der Waals surface area contributed by atoms with Gasteiger partial charge < -0.3 is 15.5 Å². The Bertz CT molecular complexity index is 439. The zero-order valence-electron chi connectivity index (χ0n) is 12.8. The summed E-state index contributed by atoms with van der Waals surface area (Å²) in [7, 11) is 2.15. The number of hydrogen-bond donors (Lipinski definition) is 1. The van der Waals surface area contributed by atoms with E-state index >= 15 is 0 Å². The summed E-state index contributed by atoms with van der Waals surface area (Å²) in [4.78, 5) is 4.84. The molecule has 1 saturated heterocycles. The number of hydrogen-bond acceptors (Lipinski definition) is 3. The summed E-state index contributed by atoms with van der Waals surface area (Å²) >= 11 is 6.44. The minimum absolute atomic E-state index is 0.0275. The molecule has 1 fully saturated rings. The molecule has 0 aromatic heterocycles. The van der Waals surface area contributed by atoms with Gasteiger partial charge in [0.2, 0.25) is 0 Å².